The van der Waals surface area contributed by atoms with Gasteiger partial charge in [-0.1, -0.05) is 31.2 Å². The third-order valence-electron chi connectivity index (χ3n) is 6.09. The molecule has 7 heteroatoms. The van der Waals surface area contributed by atoms with E-state index in [0.29, 0.717) is 28.9 Å². The lowest BCUT2D eigenvalue weighted by Gasteiger charge is -2.27. The number of ketones is 1. The van der Waals surface area contributed by atoms with Crippen molar-refractivity contribution in [3.05, 3.63) is 69.2 Å². The molecule has 0 radical (unpaired) electrons. The summed E-state index contributed by atoms with van der Waals surface area (Å²) < 4.78 is 11.6. The number of hydrogen-bond acceptors (Lipinski definition) is 5. The Morgan fingerprint density at radius 3 is 2.56 bits per heavy atom. The van der Waals surface area contributed by atoms with Crippen molar-refractivity contribution >= 4 is 33.4 Å². The molecule has 2 fully saturated rings. The number of rotatable bonds is 6. The quantitative estimate of drug-likeness (QED) is 0.356. The number of carbonyl (C=O) groups excluding carboxylic acids is 2. The fourth-order valence-corrected chi connectivity index (χ4v) is 4.87. The highest BCUT2D eigenvalue weighted by Crippen LogP contribution is 2.41. The van der Waals surface area contributed by atoms with Crippen LogP contribution in [0.2, 0.25) is 0 Å². The third-order valence-corrected chi connectivity index (χ3v) is 6.71. The summed E-state index contributed by atoms with van der Waals surface area (Å²) in [4.78, 5) is 27.7. The summed E-state index contributed by atoms with van der Waals surface area (Å²) in [5, 5.41) is 11.2. The van der Waals surface area contributed by atoms with Gasteiger partial charge in [0.2, 0.25) is 0 Å². The van der Waals surface area contributed by atoms with Gasteiger partial charge in [-0.15, -0.1) is 0 Å². The zero-order valence-electron chi connectivity index (χ0n) is 18.1. The molecule has 2 aromatic rings. The lowest BCUT2D eigenvalue weighted by atomic mass is 9.94. The highest BCUT2D eigenvalue weighted by atomic mass is 79.9. The van der Waals surface area contributed by atoms with E-state index in [1.807, 2.05) is 24.3 Å². The first-order valence-corrected chi connectivity index (χ1v) is 11.6. The van der Waals surface area contributed by atoms with Crippen LogP contribution < -0.4 is 4.74 Å². The maximum Gasteiger partial charge on any atom is 0.295 e. The van der Waals surface area contributed by atoms with Crippen LogP contribution in [0, 0.1) is 0 Å². The molecule has 6 nitrogen and oxygen atoms in total. The molecule has 2 aliphatic rings. The Bertz CT molecular complexity index is 1060. The standard InChI is InChI=1S/C25H26BrNO5/c1-3-15-6-8-16(9-7-15)22-21(23(28)17-10-11-20(31-2)19(26)13-17)24(29)25(30)27(22)14-18-5-4-12-32-18/h6-11,13,18,22,28H,3-5,12,14H2,1-2H3/b23-21-. The minimum absolute atomic E-state index is 0.0920. The SMILES string of the molecule is CCc1ccc(C2/C(=C(/O)c3ccc(OC)c(Br)c3)C(=O)C(=O)N2CC2CCCO2)cc1. The summed E-state index contributed by atoms with van der Waals surface area (Å²) in [5.74, 6) is -0.894. The number of aryl methyl sites for hydroxylation is 1. The van der Waals surface area contributed by atoms with Crippen LogP contribution in [0.5, 0.6) is 5.75 Å². The number of carbonyl (C=O) groups is 2. The number of likely N-dealkylation sites (tertiary alicyclic amines) is 1. The number of hydrogen-bond donors (Lipinski definition) is 1. The lowest BCUT2D eigenvalue weighted by Crippen LogP contribution is -2.36. The summed E-state index contributed by atoms with van der Waals surface area (Å²) in [6.45, 7) is 3.04. The minimum Gasteiger partial charge on any atom is -0.507 e. The maximum atomic E-state index is 13.1. The Labute approximate surface area is 196 Å². The molecule has 2 aromatic carbocycles. The van der Waals surface area contributed by atoms with E-state index in [1.165, 1.54) is 0 Å². The van der Waals surface area contributed by atoms with Gasteiger partial charge < -0.3 is 19.5 Å². The Balaban J connectivity index is 1.81. The predicted octanol–water partition coefficient (Wildman–Crippen LogP) is 4.62. The summed E-state index contributed by atoms with van der Waals surface area (Å²) in [7, 11) is 1.55. The number of aliphatic hydroxyl groups is 1. The zero-order valence-corrected chi connectivity index (χ0v) is 19.7. The molecule has 1 amide bonds. The van der Waals surface area contributed by atoms with Crippen LogP contribution in [0.3, 0.4) is 0 Å². The van der Waals surface area contributed by atoms with Gasteiger partial charge in [-0.25, -0.2) is 0 Å². The number of Topliss-reactive ketones (excluding diaryl/α,β-unsaturated/α-hetero) is 1. The van der Waals surface area contributed by atoms with Crippen LogP contribution in [0.4, 0.5) is 0 Å². The molecular weight excluding hydrogens is 474 g/mol. The van der Waals surface area contributed by atoms with Gasteiger partial charge in [-0.2, -0.15) is 0 Å². The van der Waals surface area contributed by atoms with Gasteiger partial charge in [0.25, 0.3) is 11.7 Å². The molecule has 0 aromatic heterocycles. The first kappa shape index (κ1) is 22.6. The van der Waals surface area contributed by atoms with Crippen LogP contribution in [0.25, 0.3) is 5.76 Å². The van der Waals surface area contributed by atoms with Crippen molar-refractivity contribution in [2.75, 3.05) is 20.3 Å². The first-order valence-electron chi connectivity index (χ1n) is 10.8. The molecule has 0 bridgehead atoms. The normalized spacial score (nSPS) is 22.5. The van der Waals surface area contributed by atoms with Gasteiger partial charge in [0.1, 0.15) is 11.5 Å². The summed E-state index contributed by atoms with van der Waals surface area (Å²) in [6.07, 6.45) is 2.55. The smallest absolute Gasteiger partial charge is 0.295 e. The number of aliphatic hydroxyl groups excluding tert-OH is 1. The van der Waals surface area contributed by atoms with E-state index in [0.717, 1.165) is 30.4 Å². The minimum atomic E-state index is -0.683. The van der Waals surface area contributed by atoms with Gasteiger partial charge in [0, 0.05) is 18.7 Å². The Kier molecular flexibility index (Phi) is 6.67. The molecule has 4 rings (SSSR count). The van der Waals surface area contributed by atoms with E-state index in [9.17, 15) is 14.7 Å². The van der Waals surface area contributed by atoms with E-state index in [1.54, 1.807) is 30.2 Å². The number of ether oxygens (including phenoxy) is 2. The third kappa shape index (κ3) is 4.19. The van der Waals surface area contributed by atoms with Crippen molar-refractivity contribution in [3.63, 3.8) is 0 Å². The lowest BCUT2D eigenvalue weighted by molar-refractivity contribution is -0.140. The second-order valence-electron chi connectivity index (χ2n) is 8.03. The molecule has 2 unspecified atom stereocenters. The largest absolute Gasteiger partial charge is 0.507 e. The van der Waals surface area contributed by atoms with Crippen LogP contribution in [-0.2, 0) is 20.7 Å². The van der Waals surface area contributed by atoms with Gasteiger partial charge >= 0.3 is 0 Å². The topological polar surface area (TPSA) is 76.1 Å². The highest BCUT2D eigenvalue weighted by molar-refractivity contribution is 9.10. The zero-order chi connectivity index (χ0) is 22.8. The van der Waals surface area contributed by atoms with Crippen molar-refractivity contribution < 1.29 is 24.2 Å². The molecule has 0 saturated carbocycles. The average molecular weight is 500 g/mol. The second-order valence-corrected chi connectivity index (χ2v) is 8.89. The molecule has 2 heterocycles. The van der Waals surface area contributed by atoms with Crippen molar-refractivity contribution in [1.29, 1.82) is 0 Å². The van der Waals surface area contributed by atoms with E-state index in [-0.39, 0.29) is 17.4 Å². The average Bonchev–Trinajstić information content (AvgIpc) is 3.41. The van der Waals surface area contributed by atoms with Crippen molar-refractivity contribution in [1.82, 2.24) is 4.90 Å². The van der Waals surface area contributed by atoms with Gasteiger partial charge in [0.15, 0.2) is 0 Å². The number of methoxy groups -OCH3 is 1. The maximum absolute atomic E-state index is 13.1. The fraction of sp³-hybridized carbons (Fsp3) is 0.360. The van der Waals surface area contributed by atoms with Crippen molar-refractivity contribution in [3.8, 4) is 5.75 Å². The molecule has 0 aliphatic carbocycles. The molecule has 2 atom stereocenters. The van der Waals surface area contributed by atoms with Crippen molar-refractivity contribution in [2.24, 2.45) is 0 Å². The van der Waals surface area contributed by atoms with Crippen LogP contribution >= 0.6 is 15.9 Å². The molecule has 2 saturated heterocycles. The Morgan fingerprint density at radius 2 is 1.97 bits per heavy atom. The van der Waals surface area contributed by atoms with Gasteiger partial charge in [-0.05, 0) is 64.5 Å². The van der Waals surface area contributed by atoms with E-state index in [4.69, 9.17) is 9.47 Å². The number of halogens is 1. The molecule has 1 N–H and O–H groups in total. The molecule has 168 valence electrons. The number of amides is 1. The van der Waals surface area contributed by atoms with E-state index >= 15 is 0 Å². The second kappa shape index (κ2) is 9.46. The van der Waals surface area contributed by atoms with E-state index < -0.39 is 17.7 Å². The molecular formula is C25H26BrNO5. The summed E-state index contributed by atoms with van der Waals surface area (Å²) >= 11 is 3.42. The number of nitrogens with zero attached hydrogens (tertiary/aromatic N) is 1. The summed E-state index contributed by atoms with van der Waals surface area (Å²) in [5.41, 5.74) is 2.47. The van der Waals surface area contributed by atoms with Crippen LogP contribution in [0.1, 0.15) is 42.5 Å². The Morgan fingerprint density at radius 1 is 1.22 bits per heavy atom. The monoisotopic (exact) mass is 499 g/mol. The van der Waals surface area contributed by atoms with Gasteiger partial charge in [-0.3, -0.25) is 9.59 Å². The number of benzene rings is 2. The Hall–Kier alpha value is -2.64. The first-order chi connectivity index (χ1) is 15.4. The van der Waals surface area contributed by atoms with E-state index in [2.05, 4.69) is 22.9 Å². The summed E-state index contributed by atoms with van der Waals surface area (Å²) in [6, 6.07) is 12.2. The van der Waals surface area contributed by atoms with Crippen LogP contribution in [0.15, 0.2) is 52.5 Å². The highest BCUT2D eigenvalue weighted by Gasteiger charge is 2.47. The molecule has 2 aliphatic heterocycles. The predicted molar refractivity (Wildman–Crippen MR) is 124 cm³/mol. The van der Waals surface area contributed by atoms with Crippen molar-refractivity contribution in [2.45, 2.75) is 38.3 Å². The molecule has 0 spiro atoms. The fourth-order valence-electron chi connectivity index (χ4n) is 4.33. The van der Waals surface area contributed by atoms with Gasteiger partial charge in [0.05, 0.1) is 29.3 Å². The van der Waals surface area contributed by atoms with Crippen LogP contribution in [-0.4, -0.2) is 48.1 Å². The molecule has 32 heavy (non-hydrogen) atoms.